The monoisotopic (exact) mass is 357 g/mol. The van der Waals surface area contributed by atoms with E-state index in [1.807, 2.05) is 0 Å². The van der Waals surface area contributed by atoms with E-state index >= 15 is 0 Å². The number of halogens is 1. The molecule has 0 spiro atoms. The number of aromatic nitrogens is 2. The van der Waals surface area contributed by atoms with Crippen molar-refractivity contribution in [2.75, 3.05) is 11.9 Å². The molecule has 0 saturated heterocycles. The average Bonchev–Trinajstić information content (AvgIpc) is 3.19. The van der Waals surface area contributed by atoms with Gasteiger partial charge < -0.3 is 5.32 Å². The van der Waals surface area contributed by atoms with Gasteiger partial charge in [-0.15, -0.1) is 0 Å². The van der Waals surface area contributed by atoms with E-state index in [-0.39, 0.29) is 0 Å². The van der Waals surface area contributed by atoms with Crippen molar-refractivity contribution in [1.82, 2.24) is 9.97 Å². The Morgan fingerprint density at radius 3 is 2.50 bits per heavy atom. The molecule has 3 nitrogen and oxygen atoms in total. The predicted octanol–water partition coefficient (Wildman–Crippen LogP) is 3.90. The van der Waals surface area contributed by atoms with Crippen molar-refractivity contribution < 1.29 is 0 Å². The highest BCUT2D eigenvalue weighted by molar-refractivity contribution is 14.1. The molecular formula is C14H20IN3. The van der Waals surface area contributed by atoms with Gasteiger partial charge in [0, 0.05) is 18.4 Å². The first-order valence-corrected chi connectivity index (χ1v) is 7.92. The summed E-state index contributed by atoms with van der Waals surface area (Å²) >= 11 is 2.40. The lowest BCUT2D eigenvalue weighted by Gasteiger charge is -2.12. The first-order valence-electron chi connectivity index (χ1n) is 6.84. The highest BCUT2D eigenvalue weighted by Crippen LogP contribution is 2.58. The van der Waals surface area contributed by atoms with Crippen LogP contribution in [-0.4, -0.2) is 16.5 Å². The molecule has 0 aliphatic heterocycles. The van der Waals surface area contributed by atoms with Crippen LogP contribution in [0.2, 0.25) is 0 Å². The first-order chi connectivity index (χ1) is 8.53. The number of hydrogen-bond acceptors (Lipinski definition) is 3. The molecule has 0 radical (unpaired) electrons. The zero-order valence-electron chi connectivity index (χ0n) is 11.3. The smallest absolute Gasteiger partial charge is 0.143 e. The van der Waals surface area contributed by atoms with E-state index in [2.05, 4.69) is 48.7 Å². The molecule has 2 aliphatic carbocycles. The number of hydrogen-bond donors (Lipinski definition) is 1. The van der Waals surface area contributed by atoms with Crippen LogP contribution in [0.4, 0.5) is 5.82 Å². The van der Waals surface area contributed by atoms with Gasteiger partial charge in [0.25, 0.3) is 0 Å². The lowest BCUT2D eigenvalue weighted by molar-refractivity contribution is 0.606. The standard InChI is InChI=1S/C14H20IN3/c1-4-16-13-10(15)11(8-5-6-8)17-12(18-13)9-7-14(9,2)3/h8-9H,4-7H2,1-3H3,(H,16,17,18). The number of nitrogens with one attached hydrogen (secondary N) is 1. The Morgan fingerprint density at radius 2 is 2.00 bits per heavy atom. The van der Waals surface area contributed by atoms with Gasteiger partial charge >= 0.3 is 0 Å². The van der Waals surface area contributed by atoms with Crippen molar-refractivity contribution in [3.05, 3.63) is 15.1 Å². The van der Waals surface area contributed by atoms with Crippen molar-refractivity contribution in [1.29, 1.82) is 0 Å². The van der Waals surface area contributed by atoms with Crippen molar-refractivity contribution in [2.45, 2.75) is 51.9 Å². The maximum atomic E-state index is 4.88. The van der Waals surface area contributed by atoms with Gasteiger partial charge in [-0.3, -0.25) is 0 Å². The van der Waals surface area contributed by atoms with Gasteiger partial charge in [-0.25, -0.2) is 9.97 Å². The van der Waals surface area contributed by atoms with Crippen LogP contribution in [0.3, 0.4) is 0 Å². The van der Waals surface area contributed by atoms with E-state index in [4.69, 9.17) is 9.97 Å². The van der Waals surface area contributed by atoms with Gasteiger partial charge in [0.2, 0.25) is 0 Å². The second kappa shape index (κ2) is 4.32. The second-order valence-corrected chi connectivity index (χ2v) is 7.26. The van der Waals surface area contributed by atoms with Crippen molar-refractivity contribution in [3.63, 3.8) is 0 Å². The minimum absolute atomic E-state index is 0.400. The van der Waals surface area contributed by atoms with Crippen LogP contribution in [0, 0.1) is 8.99 Å². The fourth-order valence-electron chi connectivity index (χ4n) is 2.46. The molecule has 18 heavy (non-hydrogen) atoms. The zero-order chi connectivity index (χ0) is 12.9. The Balaban J connectivity index is 1.99. The largest absolute Gasteiger partial charge is 0.369 e. The number of rotatable bonds is 4. The molecule has 2 fully saturated rings. The maximum absolute atomic E-state index is 4.88. The number of anilines is 1. The first kappa shape index (κ1) is 12.6. The van der Waals surface area contributed by atoms with Crippen LogP contribution in [0.1, 0.15) is 63.4 Å². The van der Waals surface area contributed by atoms with Crippen LogP contribution < -0.4 is 5.32 Å². The molecule has 0 amide bonds. The molecule has 2 saturated carbocycles. The van der Waals surface area contributed by atoms with E-state index in [9.17, 15) is 0 Å². The van der Waals surface area contributed by atoms with Gasteiger partial charge in [-0.05, 0) is 54.2 Å². The third kappa shape index (κ3) is 2.24. The molecule has 1 atom stereocenters. The number of nitrogens with zero attached hydrogens (tertiary/aromatic N) is 2. The summed E-state index contributed by atoms with van der Waals surface area (Å²) in [6, 6.07) is 0. The highest BCUT2D eigenvalue weighted by atomic mass is 127. The third-order valence-electron chi connectivity index (χ3n) is 4.03. The summed E-state index contributed by atoms with van der Waals surface area (Å²) in [6.45, 7) is 7.66. The molecule has 1 aromatic rings. The lowest BCUT2D eigenvalue weighted by Crippen LogP contribution is -2.10. The van der Waals surface area contributed by atoms with Gasteiger partial charge in [-0.2, -0.15) is 0 Å². The molecule has 1 unspecified atom stereocenters. The van der Waals surface area contributed by atoms with Crippen molar-refractivity contribution in [3.8, 4) is 0 Å². The van der Waals surface area contributed by atoms with E-state index in [0.717, 1.165) is 18.2 Å². The summed E-state index contributed by atoms with van der Waals surface area (Å²) in [7, 11) is 0. The van der Waals surface area contributed by atoms with E-state index in [1.54, 1.807) is 0 Å². The SMILES string of the molecule is CCNc1nc(C2CC2(C)C)nc(C2CC2)c1I. The molecule has 0 bridgehead atoms. The van der Waals surface area contributed by atoms with E-state index in [1.165, 1.54) is 28.5 Å². The summed E-state index contributed by atoms with van der Waals surface area (Å²) in [5, 5.41) is 3.39. The second-order valence-electron chi connectivity index (χ2n) is 6.18. The molecule has 3 rings (SSSR count). The van der Waals surface area contributed by atoms with Gasteiger partial charge in [-0.1, -0.05) is 13.8 Å². The fourth-order valence-corrected chi connectivity index (χ4v) is 3.33. The Morgan fingerprint density at radius 1 is 1.33 bits per heavy atom. The van der Waals surface area contributed by atoms with Crippen LogP contribution in [0.15, 0.2) is 0 Å². The minimum Gasteiger partial charge on any atom is -0.369 e. The Hall–Kier alpha value is -0.390. The highest BCUT2D eigenvalue weighted by Gasteiger charge is 2.49. The maximum Gasteiger partial charge on any atom is 0.143 e. The summed E-state index contributed by atoms with van der Waals surface area (Å²) in [5.74, 6) is 3.37. The predicted molar refractivity (Wildman–Crippen MR) is 82.0 cm³/mol. The van der Waals surface area contributed by atoms with Crippen LogP contribution in [0.5, 0.6) is 0 Å². The van der Waals surface area contributed by atoms with Gasteiger partial charge in [0.1, 0.15) is 11.6 Å². The molecular weight excluding hydrogens is 337 g/mol. The van der Waals surface area contributed by atoms with Crippen LogP contribution in [0.25, 0.3) is 0 Å². The van der Waals surface area contributed by atoms with E-state index in [0.29, 0.717) is 17.3 Å². The molecule has 1 heterocycles. The quantitative estimate of drug-likeness (QED) is 0.831. The molecule has 98 valence electrons. The van der Waals surface area contributed by atoms with Crippen molar-refractivity contribution in [2.24, 2.45) is 5.41 Å². The summed E-state index contributed by atoms with van der Waals surface area (Å²) in [4.78, 5) is 9.64. The molecule has 0 aromatic carbocycles. The summed E-state index contributed by atoms with van der Waals surface area (Å²) < 4.78 is 1.24. The summed E-state index contributed by atoms with van der Waals surface area (Å²) in [6.07, 6.45) is 3.82. The average molecular weight is 357 g/mol. The minimum atomic E-state index is 0.400. The Labute approximate surface area is 122 Å². The molecule has 1 aromatic heterocycles. The Kier molecular flexibility index (Phi) is 3.03. The normalized spacial score (nSPS) is 25.0. The molecule has 1 N–H and O–H groups in total. The van der Waals surface area contributed by atoms with Crippen molar-refractivity contribution >= 4 is 28.4 Å². The molecule has 2 aliphatic rings. The molecule has 4 heteroatoms. The van der Waals surface area contributed by atoms with Crippen LogP contribution in [-0.2, 0) is 0 Å². The topological polar surface area (TPSA) is 37.8 Å². The fraction of sp³-hybridized carbons (Fsp3) is 0.714. The van der Waals surface area contributed by atoms with Crippen LogP contribution >= 0.6 is 22.6 Å². The lowest BCUT2D eigenvalue weighted by atomic mass is 10.1. The van der Waals surface area contributed by atoms with Gasteiger partial charge in [0.15, 0.2) is 0 Å². The zero-order valence-corrected chi connectivity index (χ0v) is 13.4. The van der Waals surface area contributed by atoms with Gasteiger partial charge in [0.05, 0.1) is 9.26 Å². The van der Waals surface area contributed by atoms with E-state index < -0.39 is 0 Å². The Bertz CT molecular complexity index is 480. The summed E-state index contributed by atoms with van der Waals surface area (Å²) in [5.41, 5.74) is 1.69. The third-order valence-corrected chi connectivity index (χ3v) is 5.09.